The molecule has 0 atom stereocenters. The van der Waals surface area contributed by atoms with E-state index in [4.69, 9.17) is 9.47 Å². The van der Waals surface area contributed by atoms with E-state index in [1.807, 2.05) is 0 Å². The van der Waals surface area contributed by atoms with Crippen molar-refractivity contribution in [3.63, 3.8) is 0 Å². The maximum atomic E-state index is 13.7. The maximum absolute atomic E-state index is 13.7. The van der Waals surface area contributed by atoms with Crippen LogP contribution in [-0.4, -0.2) is 6.10 Å². The Morgan fingerprint density at radius 3 is 1.93 bits per heavy atom. The molecule has 0 unspecified atom stereocenters. The van der Waals surface area contributed by atoms with Gasteiger partial charge in [0.1, 0.15) is 34.4 Å². The molecule has 1 fully saturated rings. The van der Waals surface area contributed by atoms with Crippen molar-refractivity contribution in [3.8, 4) is 17.2 Å². The Balaban J connectivity index is 1.60. The predicted molar refractivity (Wildman–Crippen MR) is 99.2 cm³/mol. The molecule has 7 heteroatoms. The summed E-state index contributed by atoms with van der Waals surface area (Å²) < 4.78 is 76.5. The Bertz CT molecular complexity index is 786. The molecule has 29 heavy (non-hydrogen) atoms. The van der Waals surface area contributed by atoms with Crippen LogP contribution in [0.4, 0.5) is 22.0 Å². The van der Waals surface area contributed by atoms with Crippen LogP contribution in [-0.2, 0) is 6.18 Å². The molecule has 2 aromatic carbocycles. The van der Waals surface area contributed by atoms with Gasteiger partial charge in [0.2, 0.25) is 0 Å². The largest absolute Gasteiger partial charge is 0.490 e. The Morgan fingerprint density at radius 1 is 0.862 bits per heavy atom. The topological polar surface area (TPSA) is 18.5 Å². The number of hydrogen-bond donors (Lipinski definition) is 0. The second-order valence-corrected chi connectivity index (χ2v) is 7.38. The molecule has 1 aliphatic rings. The molecule has 0 saturated heterocycles. The summed E-state index contributed by atoms with van der Waals surface area (Å²) in [6.07, 6.45) is 1.83. The van der Waals surface area contributed by atoms with Crippen molar-refractivity contribution in [1.29, 1.82) is 0 Å². The zero-order valence-corrected chi connectivity index (χ0v) is 16.1. The van der Waals surface area contributed by atoms with Crippen molar-refractivity contribution in [3.05, 3.63) is 53.6 Å². The van der Waals surface area contributed by atoms with E-state index in [2.05, 4.69) is 6.92 Å². The fourth-order valence-corrected chi connectivity index (χ4v) is 3.74. The Morgan fingerprint density at radius 2 is 1.41 bits per heavy atom. The van der Waals surface area contributed by atoms with Crippen LogP contribution < -0.4 is 9.47 Å². The number of hydrogen-bond acceptors (Lipinski definition) is 2. The van der Waals surface area contributed by atoms with E-state index >= 15 is 0 Å². The quantitative estimate of drug-likeness (QED) is 0.455. The summed E-state index contributed by atoms with van der Waals surface area (Å²) in [5.74, 6) is -2.11. The summed E-state index contributed by atoms with van der Waals surface area (Å²) >= 11 is 0. The molecule has 0 amide bonds. The van der Waals surface area contributed by atoms with Crippen LogP contribution in [0.3, 0.4) is 0 Å². The van der Waals surface area contributed by atoms with Crippen molar-refractivity contribution in [2.24, 2.45) is 5.92 Å². The molecule has 0 bridgehead atoms. The Labute approximate surface area is 166 Å². The Kier molecular flexibility index (Phi) is 6.65. The molecular weight excluding hydrogens is 391 g/mol. The minimum absolute atomic E-state index is 0.160. The van der Waals surface area contributed by atoms with Gasteiger partial charge in [0.25, 0.3) is 0 Å². The monoisotopic (exact) mass is 414 g/mol. The molecule has 0 aromatic heterocycles. The van der Waals surface area contributed by atoms with Gasteiger partial charge in [-0.05, 0) is 55.9 Å². The van der Waals surface area contributed by atoms with Crippen molar-refractivity contribution in [2.75, 3.05) is 0 Å². The van der Waals surface area contributed by atoms with Gasteiger partial charge in [-0.15, -0.1) is 0 Å². The first-order valence-electron chi connectivity index (χ1n) is 9.77. The summed E-state index contributed by atoms with van der Waals surface area (Å²) in [5, 5.41) is 0. The highest BCUT2D eigenvalue weighted by Gasteiger charge is 2.38. The molecule has 1 aliphatic carbocycles. The fraction of sp³-hybridized carbons (Fsp3) is 0.455. The van der Waals surface area contributed by atoms with Crippen molar-refractivity contribution >= 4 is 0 Å². The van der Waals surface area contributed by atoms with Gasteiger partial charge in [0.05, 0.1) is 6.10 Å². The molecule has 3 rings (SSSR count). The number of alkyl halides is 3. The van der Waals surface area contributed by atoms with Crippen LogP contribution in [0.2, 0.25) is 0 Å². The first-order chi connectivity index (χ1) is 13.8. The van der Waals surface area contributed by atoms with Gasteiger partial charge in [0.15, 0.2) is 0 Å². The summed E-state index contributed by atoms with van der Waals surface area (Å²) in [6, 6.07) is 7.47. The normalized spacial score (nSPS) is 19.8. The summed E-state index contributed by atoms with van der Waals surface area (Å²) in [6.45, 7) is 2.19. The smallest absolute Gasteiger partial charge is 0.422 e. The maximum Gasteiger partial charge on any atom is 0.422 e. The molecule has 0 aliphatic heterocycles. The van der Waals surface area contributed by atoms with Gasteiger partial charge < -0.3 is 9.47 Å². The van der Waals surface area contributed by atoms with Gasteiger partial charge >= 0.3 is 6.18 Å². The number of halogens is 5. The van der Waals surface area contributed by atoms with Gasteiger partial charge in [-0.25, -0.2) is 8.78 Å². The molecule has 0 heterocycles. The Hall–Kier alpha value is -2.31. The van der Waals surface area contributed by atoms with E-state index in [9.17, 15) is 22.0 Å². The van der Waals surface area contributed by atoms with Gasteiger partial charge in [-0.2, -0.15) is 13.2 Å². The zero-order valence-electron chi connectivity index (χ0n) is 16.1. The van der Waals surface area contributed by atoms with E-state index in [0.29, 0.717) is 17.9 Å². The molecule has 0 N–H and O–H groups in total. The first-order valence-corrected chi connectivity index (χ1v) is 9.77. The average Bonchev–Trinajstić information content (AvgIpc) is 2.63. The molecule has 0 radical (unpaired) electrons. The fourth-order valence-electron chi connectivity index (χ4n) is 3.74. The minimum Gasteiger partial charge on any atom is -0.490 e. The highest BCUT2D eigenvalue weighted by atomic mass is 19.4. The molecule has 2 aromatic rings. The lowest BCUT2D eigenvalue weighted by molar-refractivity contribution is -0.142. The highest BCUT2D eigenvalue weighted by molar-refractivity contribution is 5.38. The number of ether oxygens (including phenoxy) is 2. The van der Waals surface area contributed by atoms with Crippen LogP contribution in [0.1, 0.15) is 51.0 Å². The second-order valence-electron chi connectivity index (χ2n) is 7.38. The predicted octanol–water partition coefficient (Wildman–Crippen LogP) is 7.51. The van der Waals surface area contributed by atoms with Crippen LogP contribution in [0.15, 0.2) is 36.4 Å². The number of benzene rings is 2. The lowest BCUT2D eigenvalue weighted by atomic mass is 9.85. The van der Waals surface area contributed by atoms with Gasteiger partial charge in [-0.3, -0.25) is 0 Å². The lowest BCUT2D eigenvalue weighted by Crippen LogP contribution is -2.24. The van der Waals surface area contributed by atoms with Crippen LogP contribution in [0.5, 0.6) is 17.2 Å². The lowest BCUT2D eigenvalue weighted by Gasteiger charge is -2.28. The van der Waals surface area contributed by atoms with Crippen LogP contribution in [0.25, 0.3) is 0 Å². The van der Waals surface area contributed by atoms with Crippen LogP contribution >= 0.6 is 0 Å². The molecule has 158 valence electrons. The third kappa shape index (κ3) is 5.61. The zero-order chi connectivity index (χ0) is 21.0. The van der Waals surface area contributed by atoms with Crippen molar-refractivity contribution in [2.45, 2.75) is 57.7 Å². The van der Waals surface area contributed by atoms with Crippen molar-refractivity contribution < 1.29 is 31.4 Å². The summed E-state index contributed by atoms with van der Waals surface area (Å²) in [4.78, 5) is 0. The summed E-state index contributed by atoms with van der Waals surface area (Å²) in [7, 11) is 0. The van der Waals surface area contributed by atoms with Gasteiger partial charge in [-0.1, -0.05) is 19.8 Å². The third-order valence-corrected chi connectivity index (χ3v) is 5.15. The average molecular weight is 414 g/mol. The van der Waals surface area contributed by atoms with E-state index in [0.717, 1.165) is 31.6 Å². The second kappa shape index (κ2) is 9.01. The SMILES string of the molecule is CCCC1CCC(Oc2ccc(Oc3cc(F)c(C(F)(F)F)c(F)c3)cc2)CC1. The van der Waals surface area contributed by atoms with E-state index in [-0.39, 0.29) is 17.6 Å². The van der Waals surface area contributed by atoms with Crippen LogP contribution in [0, 0.1) is 17.6 Å². The molecule has 1 saturated carbocycles. The first kappa shape index (κ1) is 21.4. The molecular formula is C22H23F5O2. The summed E-state index contributed by atoms with van der Waals surface area (Å²) in [5.41, 5.74) is -1.93. The van der Waals surface area contributed by atoms with Gasteiger partial charge in [0, 0.05) is 12.1 Å². The standard InChI is InChI=1S/C22H23F5O2/c1-2-3-14-4-6-15(7-5-14)28-16-8-10-17(11-9-16)29-18-12-19(23)21(20(24)13-18)22(25,26)27/h8-15H,2-7H2,1H3. The van der Waals surface area contributed by atoms with Crippen molar-refractivity contribution in [1.82, 2.24) is 0 Å². The van der Waals surface area contributed by atoms with E-state index in [1.54, 1.807) is 24.3 Å². The minimum atomic E-state index is -5.11. The third-order valence-electron chi connectivity index (χ3n) is 5.15. The van der Waals surface area contributed by atoms with E-state index < -0.39 is 23.4 Å². The molecule has 0 spiro atoms. The number of rotatable bonds is 6. The van der Waals surface area contributed by atoms with E-state index in [1.165, 1.54) is 12.8 Å². The molecule has 2 nitrogen and oxygen atoms in total. The highest BCUT2D eigenvalue weighted by Crippen LogP contribution is 2.36.